The molecule has 0 saturated heterocycles. The van der Waals surface area contributed by atoms with Crippen LogP contribution >= 0.6 is 0 Å². The third-order valence-electron chi connectivity index (χ3n) is 6.04. The predicted molar refractivity (Wildman–Crippen MR) is 119 cm³/mol. The van der Waals surface area contributed by atoms with Gasteiger partial charge in [0, 0.05) is 23.0 Å². The minimum Gasteiger partial charge on any atom is -0.349 e. The molecule has 29 heavy (non-hydrogen) atoms. The van der Waals surface area contributed by atoms with Crippen molar-refractivity contribution in [2.45, 2.75) is 44.7 Å². The fraction of sp³-hybridized carbons (Fsp3) is 0.360. The van der Waals surface area contributed by atoms with Gasteiger partial charge < -0.3 is 10.2 Å². The van der Waals surface area contributed by atoms with E-state index in [4.69, 9.17) is 4.98 Å². The Morgan fingerprint density at radius 2 is 1.72 bits per heavy atom. The summed E-state index contributed by atoms with van der Waals surface area (Å²) in [6, 6.07) is 19.0. The molecule has 1 N–H and O–H groups in total. The van der Waals surface area contributed by atoms with E-state index in [1.165, 1.54) is 0 Å². The van der Waals surface area contributed by atoms with E-state index in [1.54, 1.807) is 0 Å². The lowest BCUT2D eigenvalue weighted by Crippen LogP contribution is -2.41. The molecule has 1 saturated carbocycles. The number of amides is 1. The molecule has 0 aliphatic heterocycles. The van der Waals surface area contributed by atoms with Gasteiger partial charge in [0.25, 0.3) is 5.91 Å². The lowest BCUT2D eigenvalue weighted by Gasteiger charge is -2.33. The van der Waals surface area contributed by atoms with Crippen molar-refractivity contribution in [3.8, 4) is 11.3 Å². The first-order chi connectivity index (χ1) is 14.0. The van der Waals surface area contributed by atoms with E-state index in [-0.39, 0.29) is 11.9 Å². The van der Waals surface area contributed by atoms with Crippen LogP contribution < -0.4 is 5.32 Å². The molecule has 4 heteroatoms. The fourth-order valence-electron chi connectivity index (χ4n) is 4.28. The normalized spacial score (nSPS) is 19.4. The third-order valence-corrected chi connectivity index (χ3v) is 6.04. The number of hydrogen-bond donors (Lipinski definition) is 1. The van der Waals surface area contributed by atoms with Crippen molar-refractivity contribution in [3.05, 3.63) is 65.7 Å². The van der Waals surface area contributed by atoms with Gasteiger partial charge in [0.1, 0.15) is 0 Å². The first-order valence-corrected chi connectivity index (χ1v) is 10.5. The summed E-state index contributed by atoms with van der Waals surface area (Å²) in [4.78, 5) is 20.4. The van der Waals surface area contributed by atoms with E-state index in [9.17, 15) is 4.79 Å². The van der Waals surface area contributed by atoms with E-state index in [0.29, 0.717) is 11.6 Å². The Labute approximate surface area is 173 Å². The quantitative estimate of drug-likeness (QED) is 0.698. The standard InChI is InChI=1S/C25H29N3O/c1-17-9-14-23-21(15-17)22(16-24(27-23)18-7-5-4-6-8-18)25(29)26-19-10-12-20(13-11-19)28(2)3/h4-9,14-16,19-20H,10-13H2,1-3H3,(H,26,29). The fourth-order valence-corrected chi connectivity index (χ4v) is 4.28. The van der Waals surface area contributed by atoms with Gasteiger partial charge in [-0.1, -0.05) is 42.0 Å². The number of nitrogens with one attached hydrogen (secondary N) is 1. The van der Waals surface area contributed by atoms with E-state index in [0.717, 1.165) is 53.4 Å². The molecule has 1 aromatic heterocycles. The van der Waals surface area contributed by atoms with Gasteiger partial charge in [-0.25, -0.2) is 4.98 Å². The molecule has 0 atom stereocenters. The highest BCUT2D eigenvalue weighted by Gasteiger charge is 2.24. The maximum atomic E-state index is 13.3. The van der Waals surface area contributed by atoms with E-state index in [2.05, 4.69) is 37.3 Å². The van der Waals surface area contributed by atoms with Gasteiger partial charge in [-0.05, 0) is 64.9 Å². The SMILES string of the molecule is Cc1ccc2nc(-c3ccccc3)cc(C(=O)NC3CCC(N(C)C)CC3)c2c1. The number of aryl methyl sites for hydroxylation is 1. The average molecular weight is 388 g/mol. The average Bonchev–Trinajstić information content (AvgIpc) is 2.74. The Hall–Kier alpha value is -2.72. The molecule has 3 aromatic rings. The number of rotatable bonds is 4. The van der Waals surface area contributed by atoms with E-state index < -0.39 is 0 Å². The summed E-state index contributed by atoms with van der Waals surface area (Å²) in [6.45, 7) is 2.05. The van der Waals surface area contributed by atoms with Crippen molar-refractivity contribution in [1.29, 1.82) is 0 Å². The van der Waals surface area contributed by atoms with Crippen LogP contribution in [0.15, 0.2) is 54.6 Å². The molecule has 0 radical (unpaired) electrons. The molecule has 1 amide bonds. The molecule has 0 spiro atoms. The van der Waals surface area contributed by atoms with E-state index >= 15 is 0 Å². The van der Waals surface area contributed by atoms with Crippen molar-refractivity contribution >= 4 is 16.8 Å². The van der Waals surface area contributed by atoms with Crippen molar-refractivity contribution in [3.63, 3.8) is 0 Å². The van der Waals surface area contributed by atoms with Gasteiger partial charge in [-0.15, -0.1) is 0 Å². The number of fused-ring (bicyclic) bond motifs is 1. The van der Waals surface area contributed by atoms with Crippen LogP contribution in [-0.4, -0.2) is 42.0 Å². The second-order valence-electron chi connectivity index (χ2n) is 8.38. The van der Waals surface area contributed by atoms with Gasteiger partial charge in [0.15, 0.2) is 0 Å². The smallest absolute Gasteiger partial charge is 0.252 e. The summed E-state index contributed by atoms with van der Waals surface area (Å²) in [7, 11) is 4.28. The highest BCUT2D eigenvalue weighted by molar-refractivity contribution is 6.07. The number of aromatic nitrogens is 1. The summed E-state index contributed by atoms with van der Waals surface area (Å²) >= 11 is 0. The molecule has 2 aromatic carbocycles. The second-order valence-corrected chi connectivity index (χ2v) is 8.38. The zero-order valence-corrected chi connectivity index (χ0v) is 17.5. The van der Waals surface area contributed by atoms with Crippen molar-refractivity contribution < 1.29 is 4.79 Å². The van der Waals surface area contributed by atoms with Crippen molar-refractivity contribution in [2.24, 2.45) is 0 Å². The maximum Gasteiger partial charge on any atom is 0.252 e. The topological polar surface area (TPSA) is 45.2 Å². The highest BCUT2D eigenvalue weighted by atomic mass is 16.1. The Balaban J connectivity index is 1.64. The second kappa shape index (κ2) is 8.34. The van der Waals surface area contributed by atoms with Gasteiger partial charge in [0.2, 0.25) is 0 Å². The van der Waals surface area contributed by atoms with Crippen LogP contribution in [0.5, 0.6) is 0 Å². The summed E-state index contributed by atoms with van der Waals surface area (Å²) in [5.41, 5.74) is 4.57. The Kier molecular flexibility index (Phi) is 5.63. The summed E-state index contributed by atoms with van der Waals surface area (Å²) in [5.74, 6) is 0.00786. The zero-order valence-electron chi connectivity index (χ0n) is 17.5. The van der Waals surface area contributed by atoms with Crippen LogP contribution in [0.1, 0.15) is 41.6 Å². The highest BCUT2D eigenvalue weighted by Crippen LogP contribution is 2.27. The molecule has 1 heterocycles. The maximum absolute atomic E-state index is 13.3. The molecule has 1 fully saturated rings. The molecule has 1 aliphatic carbocycles. The van der Waals surface area contributed by atoms with Crippen molar-refractivity contribution in [2.75, 3.05) is 14.1 Å². The van der Waals surface area contributed by atoms with Crippen molar-refractivity contribution in [1.82, 2.24) is 15.2 Å². The predicted octanol–water partition coefficient (Wildman–Crippen LogP) is 4.81. The van der Waals surface area contributed by atoms with Crippen LogP contribution in [-0.2, 0) is 0 Å². The van der Waals surface area contributed by atoms with Crippen LogP contribution in [0.25, 0.3) is 22.2 Å². The number of nitrogens with zero attached hydrogens (tertiary/aromatic N) is 2. The van der Waals surface area contributed by atoms with Crippen LogP contribution in [0, 0.1) is 6.92 Å². The number of pyridine rings is 1. The van der Waals surface area contributed by atoms with Crippen LogP contribution in [0.3, 0.4) is 0 Å². The number of benzene rings is 2. The molecule has 1 aliphatic rings. The van der Waals surface area contributed by atoms with Crippen LogP contribution in [0.2, 0.25) is 0 Å². The molecule has 150 valence electrons. The summed E-state index contributed by atoms with van der Waals surface area (Å²) < 4.78 is 0. The number of hydrogen-bond acceptors (Lipinski definition) is 3. The van der Waals surface area contributed by atoms with Gasteiger partial charge in [-0.2, -0.15) is 0 Å². The molecular weight excluding hydrogens is 358 g/mol. The summed E-state index contributed by atoms with van der Waals surface area (Å²) in [5, 5.41) is 4.22. The van der Waals surface area contributed by atoms with Gasteiger partial charge in [0.05, 0.1) is 16.8 Å². The molecule has 4 rings (SSSR count). The number of carbonyl (C=O) groups is 1. The number of carbonyl (C=O) groups excluding carboxylic acids is 1. The van der Waals surface area contributed by atoms with E-state index in [1.807, 2.05) is 48.5 Å². The first-order valence-electron chi connectivity index (χ1n) is 10.5. The monoisotopic (exact) mass is 387 g/mol. The van der Waals surface area contributed by atoms with Gasteiger partial charge in [-0.3, -0.25) is 4.79 Å². The molecule has 0 unspecified atom stereocenters. The lowest BCUT2D eigenvalue weighted by atomic mass is 9.90. The lowest BCUT2D eigenvalue weighted by molar-refractivity contribution is 0.0918. The van der Waals surface area contributed by atoms with Crippen LogP contribution in [0.4, 0.5) is 0 Å². The Morgan fingerprint density at radius 1 is 1.00 bits per heavy atom. The third kappa shape index (κ3) is 4.33. The zero-order chi connectivity index (χ0) is 20.4. The Morgan fingerprint density at radius 3 is 2.41 bits per heavy atom. The largest absolute Gasteiger partial charge is 0.349 e. The molecular formula is C25H29N3O. The Bertz CT molecular complexity index is 1010. The summed E-state index contributed by atoms with van der Waals surface area (Å²) in [6.07, 6.45) is 4.32. The minimum absolute atomic E-state index is 0.00786. The van der Waals surface area contributed by atoms with Gasteiger partial charge >= 0.3 is 0 Å². The minimum atomic E-state index is 0.00786. The first kappa shape index (κ1) is 19.6. The molecule has 0 bridgehead atoms. The molecule has 4 nitrogen and oxygen atoms in total.